The molecule has 24 heavy (non-hydrogen) atoms. The normalized spacial score (nSPS) is 14.7. The Morgan fingerprint density at radius 2 is 2.08 bits per heavy atom. The molecule has 1 aromatic rings. The lowest BCUT2D eigenvalue weighted by Gasteiger charge is -2.23. The molecule has 2 rings (SSSR count). The van der Waals surface area contributed by atoms with Crippen LogP contribution in [0, 0.1) is 11.8 Å². The van der Waals surface area contributed by atoms with Gasteiger partial charge in [-0.15, -0.1) is 0 Å². The van der Waals surface area contributed by atoms with Crippen LogP contribution in [-0.4, -0.2) is 30.8 Å². The summed E-state index contributed by atoms with van der Waals surface area (Å²) in [5, 5.41) is 13.6. The number of carbonyl (C=O) groups is 1. The van der Waals surface area contributed by atoms with E-state index in [4.69, 9.17) is 4.74 Å². The number of ether oxygens (including phenoxy) is 1. The Hall–Kier alpha value is -1.99. The minimum absolute atomic E-state index is 0.0846. The summed E-state index contributed by atoms with van der Waals surface area (Å²) in [7, 11) is 0. The van der Waals surface area contributed by atoms with Gasteiger partial charge in [-0.25, -0.2) is 0 Å². The van der Waals surface area contributed by atoms with E-state index in [-0.39, 0.29) is 24.7 Å². The first kappa shape index (κ1) is 18.4. The molecular weight excluding hydrogens is 302 g/mol. The van der Waals surface area contributed by atoms with E-state index in [1.165, 1.54) is 19.3 Å². The van der Waals surface area contributed by atoms with Crippen molar-refractivity contribution >= 4 is 5.97 Å². The average molecular weight is 329 g/mol. The summed E-state index contributed by atoms with van der Waals surface area (Å²) in [4.78, 5) is 11.9. The molecule has 1 fully saturated rings. The molecule has 1 aliphatic carbocycles. The number of benzene rings is 1. The van der Waals surface area contributed by atoms with Crippen molar-refractivity contribution in [3.8, 4) is 17.6 Å². The second-order valence-corrected chi connectivity index (χ2v) is 6.16. The number of carbonyl (C=O) groups excluding carboxylic acids is 1. The number of nitrogens with one attached hydrogen (secondary N) is 1. The van der Waals surface area contributed by atoms with E-state index in [9.17, 15) is 9.90 Å². The maximum Gasteiger partial charge on any atom is 0.311 e. The van der Waals surface area contributed by atoms with Crippen molar-refractivity contribution in [3.05, 3.63) is 29.3 Å². The fourth-order valence-electron chi connectivity index (χ4n) is 3.12. The molecule has 4 nitrogen and oxygen atoms in total. The van der Waals surface area contributed by atoms with Crippen LogP contribution >= 0.6 is 0 Å². The van der Waals surface area contributed by atoms with Gasteiger partial charge in [-0.3, -0.25) is 4.79 Å². The zero-order valence-electron chi connectivity index (χ0n) is 14.4. The van der Waals surface area contributed by atoms with Crippen LogP contribution in [0.25, 0.3) is 0 Å². The molecule has 2 N–H and O–H groups in total. The molecule has 4 heteroatoms. The van der Waals surface area contributed by atoms with Crippen LogP contribution in [0.4, 0.5) is 0 Å². The third kappa shape index (κ3) is 5.58. The van der Waals surface area contributed by atoms with E-state index in [1.54, 1.807) is 6.07 Å². The van der Waals surface area contributed by atoms with Crippen LogP contribution in [0.2, 0.25) is 0 Å². The summed E-state index contributed by atoms with van der Waals surface area (Å²) in [5.74, 6) is 5.99. The molecule has 130 valence electrons. The molecule has 1 aromatic carbocycles. The Morgan fingerprint density at radius 1 is 1.29 bits per heavy atom. The molecule has 0 atom stereocenters. The highest BCUT2D eigenvalue weighted by molar-refractivity contribution is 5.74. The minimum Gasteiger partial charge on any atom is -0.507 e. The number of esters is 1. The molecule has 0 aromatic heterocycles. The van der Waals surface area contributed by atoms with E-state index < -0.39 is 0 Å². The molecule has 0 bridgehead atoms. The number of para-hydroxylation sites is 1. The van der Waals surface area contributed by atoms with Gasteiger partial charge in [0.1, 0.15) is 5.75 Å². The fraction of sp³-hybridized carbons (Fsp3) is 0.550. The van der Waals surface area contributed by atoms with E-state index in [2.05, 4.69) is 17.2 Å². The molecule has 0 spiro atoms. The smallest absolute Gasteiger partial charge is 0.311 e. The van der Waals surface area contributed by atoms with Crippen LogP contribution in [0.5, 0.6) is 5.75 Å². The fourth-order valence-corrected chi connectivity index (χ4v) is 3.12. The second kappa shape index (κ2) is 10.00. The van der Waals surface area contributed by atoms with E-state index in [1.807, 2.05) is 19.1 Å². The van der Waals surface area contributed by atoms with Crippen molar-refractivity contribution in [2.24, 2.45) is 0 Å². The van der Waals surface area contributed by atoms with Gasteiger partial charge in [0.15, 0.2) is 6.61 Å². The molecule has 1 aliphatic rings. The highest BCUT2D eigenvalue weighted by Gasteiger charge is 2.20. The molecule has 0 unspecified atom stereocenters. The number of phenols is 1. The van der Waals surface area contributed by atoms with E-state index in [0.29, 0.717) is 18.0 Å². The van der Waals surface area contributed by atoms with Crippen LogP contribution < -0.4 is 5.32 Å². The van der Waals surface area contributed by atoms with Gasteiger partial charge in [0.25, 0.3) is 0 Å². The zero-order chi connectivity index (χ0) is 17.2. The first-order valence-corrected chi connectivity index (χ1v) is 8.85. The first-order chi connectivity index (χ1) is 11.7. The topological polar surface area (TPSA) is 58.6 Å². The van der Waals surface area contributed by atoms with Crippen molar-refractivity contribution in [1.82, 2.24) is 5.32 Å². The highest BCUT2D eigenvalue weighted by Crippen LogP contribution is 2.38. The summed E-state index contributed by atoms with van der Waals surface area (Å²) in [6, 6.07) is 5.69. The van der Waals surface area contributed by atoms with Gasteiger partial charge in [-0.05, 0) is 30.9 Å². The first-order valence-electron chi connectivity index (χ1n) is 8.85. The number of aromatic hydroxyl groups is 1. The maximum absolute atomic E-state index is 11.9. The van der Waals surface area contributed by atoms with Gasteiger partial charge in [0.2, 0.25) is 0 Å². The average Bonchev–Trinajstić information content (AvgIpc) is 2.60. The Labute approximate surface area is 144 Å². The molecule has 1 saturated carbocycles. The summed E-state index contributed by atoms with van der Waals surface area (Å²) >= 11 is 0. The molecular formula is C20H27NO3. The third-order valence-electron chi connectivity index (χ3n) is 4.42. The van der Waals surface area contributed by atoms with Crippen molar-refractivity contribution in [3.63, 3.8) is 0 Å². The van der Waals surface area contributed by atoms with Crippen LogP contribution in [-0.2, 0) is 16.0 Å². The summed E-state index contributed by atoms with van der Waals surface area (Å²) < 4.78 is 5.12. The van der Waals surface area contributed by atoms with Gasteiger partial charge in [-0.2, -0.15) is 0 Å². The Balaban J connectivity index is 1.89. The van der Waals surface area contributed by atoms with Crippen LogP contribution in [0.1, 0.15) is 56.1 Å². The van der Waals surface area contributed by atoms with Crippen molar-refractivity contribution in [2.45, 2.75) is 51.4 Å². The number of hydrogen-bond acceptors (Lipinski definition) is 4. The lowest BCUT2D eigenvalue weighted by atomic mass is 9.83. The number of rotatable bonds is 6. The number of hydrogen-bond donors (Lipinski definition) is 2. The Morgan fingerprint density at radius 3 is 2.83 bits per heavy atom. The number of phenolic OH excluding ortho intramolecular Hbond substituents is 1. The second-order valence-electron chi connectivity index (χ2n) is 6.16. The molecule has 0 amide bonds. The SMILES string of the molecule is CCNCC#CCOC(=O)Cc1cccc(C2CCCCC2)c1O. The lowest BCUT2D eigenvalue weighted by Crippen LogP contribution is -2.13. The van der Waals surface area contributed by atoms with Crippen molar-refractivity contribution in [1.29, 1.82) is 0 Å². The van der Waals surface area contributed by atoms with Crippen LogP contribution in [0.3, 0.4) is 0 Å². The van der Waals surface area contributed by atoms with Gasteiger partial charge >= 0.3 is 5.97 Å². The van der Waals surface area contributed by atoms with Crippen molar-refractivity contribution in [2.75, 3.05) is 19.7 Å². The van der Waals surface area contributed by atoms with Gasteiger partial charge in [0.05, 0.1) is 13.0 Å². The predicted molar refractivity (Wildman–Crippen MR) is 94.9 cm³/mol. The zero-order valence-corrected chi connectivity index (χ0v) is 14.4. The lowest BCUT2D eigenvalue weighted by molar-refractivity contribution is -0.141. The Bertz CT molecular complexity index is 595. The molecule has 0 aliphatic heterocycles. The molecule has 0 heterocycles. The monoisotopic (exact) mass is 329 g/mol. The summed E-state index contributed by atoms with van der Waals surface area (Å²) in [6.07, 6.45) is 6.01. The largest absolute Gasteiger partial charge is 0.507 e. The standard InChI is InChI=1S/C20H27NO3/c1-2-21-13-6-7-14-24-19(22)15-17-11-8-12-18(20(17)23)16-9-4-3-5-10-16/h8,11-12,16,21,23H,2-5,9-10,13-15H2,1H3. The summed E-state index contributed by atoms with van der Waals surface area (Å²) in [6.45, 7) is 3.56. The third-order valence-corrected chi connectivity index (χ3v) is 4.42. The molecule has 0 saturated heterocycles. The summed E-state index contributed by atoms with van der Waals surface area (Å²) in [5.41, 5.74) is 1.62. The minimum atomic E-state index is -0.358. The van der Waals surface area contributed by atoms with Gasteiger partial charge < -0.3 is 15.2 Å². The Kier molecular flexibility index (Phi) is 7.64. The maximum atomic E-state index is 11.9. The van der Waals surface area contributed by atoms with Crippen LogP contribution in [0.15, 0.2) is 18.2 Å². The highest BCUT2D eigenvalue weighted by atomic mass is 16.5. The quantitative estimate of drug-likeness (QED) is 0.478. The van der Waals surface area contributed by atoms with Gasteiger partial charge in [-0.1, -0.05) is 56.2 Å². The van der Waals surface area contributed by atoms with E-state index in [0.717, 1.165) is 24.9 Å². The van der Waals surface area contributed by atoms with Gasteiger partial charge in [0, 0.05) is 5.56 Å². The van der Waals surface area contributed by atoms with E-state index >= 15 is 0 Å². The van der Waals surface area contributed by atoms with Crippen molar-refractivity contribution < 1.29 is 14.6 Å². The predicted octanol–water partition coefficient (Wildman–Crippen LogP) is 3.14. The molecule has 0 radical (unpaired) electrons.